The number of anilines is 2. The van der Waals surface area contributed by atoms with Crippen molar-refractivity contribution in [2.45, 2.75) is 13.5 Å². The van der Waals surface area contributed by atoms with Gasteiger partial charge in [-0.15, -0.1) is 5.10 Å². The number of ether oxygens (including phenoxy) is 1. The summed E-state index contributed by atoms with van der Waals surface area (Å²) in [6.07, 6.45) is 5.18. The Balaban J connectivity index is 1.54. The molecule has 1 aromatic carbocycles. The van der Waals surface area contributed by atoms with E-state index in [-0.39, 0.29) is 0 Å². The molecule has 0 spiro atoms. The first-order valence-corrected chi connectivity index (χ1v) is 7.32. The van der Waals surface area contributed by atoms with Crippen molar-refractivity contribution in [1.29, 1.82) is 0 Å². The summed E-state index contributed by atoms with van der Waals surface area (Å²) in [5, 5.41) is 7.56. The number of hydrogen-bond donors (Lipinski definition) is 1. The predicted molar refractivity (Wildman–Crippen MR) is 87.8 cm³/mol. The van der Waals surface area contributed by atoms with Crippen LogP contribution < -0.4 is 5.32 Å². The van der Waals surface area contributed by atoms with E-state index in [1.54, 1.807) is 17.1 Å². The zero-order chi connectivity index (χ0) is 15.6. The van der Waals surface area contributed by atoms with Gasteiger partial charge in [0.1, 0.15) is 12.9 Å². The molecule has 2 aromatic heterocycles. The van der Waals surface area contributed by atoms with E-state index >= 15 is 0 Å². The molecule has 3 heterocycles. The minimum Gasteiger partial charge on any atom is -0.492 e. The highest BCUT2D eigenvalue weighted by Crippen LogP contribution is 2.23. The number of benzene rings is 1. The van der Waals surface area contributed by atoms with Crippen molar-refractivity contribution in [2.75, 3.05) is 5.32 Å². The third-order valence-corrected chi connectivity index (χ3v) is 3.58. The van der Waals surface area contributed by atoms with Gasteiger partial charge in [0.05, 0.1) is 6.20 Å². The smallest absolute Gasteiger partial charge is 0.247 e. The van der Waals surface area contributed by atoms with Gasteiger partial charge >= 0.3 is 0 Å². The molecule has 1 aliphatic heterocycles. The maximum Gasteiger partial charge on any atom is 0.247 e. The third kappa shape index (κ3) is 2.78. The Bertz CT molecular complexity index is 867. The highest BCUT2D eigenvalue weighted by Gasteiger charge is 2.11. The van der Waals surface area contributed by atoms with Crippen molar-refractivity contribution < 1.29 is 4.74 Å². The van der Waals surface area contributed by atoms with Crippen LogP contribution >= 0.6 is 0 Å². The largest absolute Gasteiger partial charge is 0.492 e. The monoisotopic (exact) mass is 305 g/mol. The second-order valence-electron chi connectivity index (χ2n) is 5.28. The lowest BCUT2D eigenvalue weighted by atomic mass is 10.1. The molecule has 0 saturated heterocycles. The quantitative estimate of drug-likeness (QED) is 0.804. The van der Waals surface area contributed by atoms with Crippen LogP contribution in [0.5, 0.6) is 0 Å². The van der Waals surface area contributed by atoms with Crippen molar-refractivity contribution >= 4 is 17.8 Å². The fourth-order valence-electron chi connectivity index (χ4n) is 2.45. The van der Waals surface area contributed by atoms with Crippen LogP contribution in [0.1, 0.15) is 11.5 Å². The first-order chi connectivity index (χ1) is 11.3. The van der Waals surface area contributed by atoms with Crippen LogP contribution in [0.4, 0.5) is 11.6 Å². The SMILES string of the molecule is Cc1cc(-c2ccc(Nc3nc4n(n3)C=COC4)cc2)ccn1. The Morgan fingerprint density at radius 1 is 1.13 bits per heavy atom. The van der Waals surface area contributed by atoms with Crippen LogP contribution in [-0.4, -0.2) is 19.7 Å². The summed E-state index contributed by atoms with van der Waals surface area (Å²) in [5.41, 5.74) is 4.25. The predicted octanol–water partition coefficient (Wildman–Crippen LogP) is 3.35. The van der Waals surface area contributed by atoms with Crippen LogP contribution in [0.2, 0.25) is 0 Å². The molecule has 6 nitrogen and oxygen atoms in total. The normalized spacial score (nSPS) is 12.6. The van der Waals surface area contributed by atoms with E-state index in [1.807, 2.05) is 31.3 Å². The number of nitrogens with one attached hydrogen (secondary N) is 1. The Labute approximate surface area is 133 Å². The van der Waals surface area contributed by atoms with E-state index in [4.69, 9.17) is 4.74 Å². The Morgan fingerprint density at radius 3 is 2.78 bits per heavy atom. The Morgan fingerprint density at radius 2 is 2.00 bits per heavy atom. The first kappa shape index (κ1) is 13.5. The molecule has 0 saturated carbocycles. The minimum atomic E-state index is 0.436. The lowest BCUT2D eigenvalue weighted by Crippen LogP contribution is -2.03. The number of nitrogens with zero attached hydrogens (tertiary/aromatic N) is 4. The van der Waals surface area contributed by atoms with Crippen LogP contribution in [0, 0.1) is 6.92 Å². The second-order valence-corrected chi connectivity index (χ2v) is 5.28. The number of aromatic nitrogens is 4. The molecule has 0 aliphatic carbocycles. The number of pyridine rings is 1. The molecule has 3 aromatic rings. The topological polar surface area (TPSA) is 64.9 Å². The highest BCUT2D eigenvalue weighted by molar-refractivity contribution is 5.67. The molecule has 0 fully saturated rings. The van der Waals surface area contributed by atoms with Crippen LogP contribution in [-0.2, 0) is 11.3 Å². The van der Waals surface area contributed by atoms with Crippen molar-refractivity contribution in [1.82, 2.24) is 19.7 Å². The maximum absolute atomic E-state index is 5.20. The molecule has 4 rings (SSSR count). The van der Waals surface area contributed by atoms with E-state index in [0.717, 1.165) is 28.3 Å². The van der Waals surface area contributed by atoms with Crippen molar-refractivity contribution in [3.8, 4) is 11.1 Å². The molecule has 0 bridgehead atoms. The van der Waals surface area contributed by atoms with Crippen molar-refractivity contribution in [3.63, 3.8) is 0 Å². The average Bonchev–Trinajstić information content (AvgIpc) is 2.98. The lowest BCUT2D eigenvalue weighted by Gasteiger charge is -2.05. The summed E-state index contributed by atoms with van der Waals surface area (Å²) in [7, 11) is 0. The molecule has 0 unspecified atom stereocenters. The van der Waals surface area contributed by atoms with Crippen LogP contribution in [0.15, 0.2) is 48.9 Å². The van der Waals surface area contributed by atoms with Gasteiger partial charge in [0, 0.05) is 17.6 Å². The summed E-state index contributed by atoms with van der Waals surface area (Å²) in [5.74, 6) is 1.33. The van der Waals surface area contributed by atoms with Crippen LogP contribution in [0.3, 0.4) is 0 Å². The van der Waals surface area contributed by atoms with E-state index in [1.165, 1.54) is 0 Å². The molecular weight excluding hydrogens is 290 g/mol. The Kier molecular flexibility index (Phi) is 3.27. The van der Waals surface area contributed by atoms with Gasteiger partial charge in [-0.1, -0.05) is 12.1 Å². The second kappa shape index (κ2) is 5.57. The van der Waals surface area contributed by atoms with Crippen LogP contribution in [0.25, 0.3) is 17.3 Å². The molecule has 114 valence electrons. The van der Waals surface area contributed by atoms with Gasteiger partial charge < -0.3 is 10.1 Å². The third-order valence-electron chi connectivity index (χ3n) is 3.58. The van der Waals surface area contributed by atoms with Gasteiger partial charge in [0.2, 0.25) is 5.95 Å². The highest BCUT2D eigenvalue weighted by atomic mass is 16.5. The summed E-state index contributed by atoms with van der Waals surface area (Å²) >= 11 is 0. The van der Waals surface area contributed by atoms with Gasteiger partial charge in [0.15, 0.2) is 5.82 Å². The molecule has 6 heteroatoms. The summed E-state index contributed by atoms with van der Waals surface area (Å²) in [4.78, 5) is 8.62. The molecule has 1 aliphatic rings. The number of fused-ring (bicyclic) bond motifs is 1. The fourth-order valence-corrected chi connectivity index (χ4v) is 2.45. The van der Waals surface area contributed by atoms with E-state index in [9.17, 15) is 0 Å². The molecular formula is C17H15N5O. The fraction of sp³-hybridized carbons (Fsp3) is 0.118. The van der Waals surface area contributed by atoms with E-state index in [2.05, 4.69) is 38.6 Å². The minimum absolute atomic E-state index is 0.436. The van der Waals surface area contributed by atoms with Crippen molar-refractivity contribution in [2.24, 2.45) is 0 Å². The van der Waals surface area contributed by atoms with Gasteiger partial charge in [-0.2, -0.15) is 4.98 Å². The van der Waals surface area contributed by atoms with E-state index in [0.29, 0.717) is 12.6 Å². The molecule has 0 radical (unpaired) electrons. The summed E-state index contributed by atoms with van der Waals surface area (Å²) < 4.78 is 6.91. The van der Waals surface area contributed by atoms with Crippen molar-refractivity contribution in [3.05, 3.63) is 60.4 Å². The molecule has 0 atom stereocenters. The number of aryl methyl sites for hydroxylation is 1. The van der Waals surface area contributed by atoms with Gasteiger partial charge in [0.25, 0.3) is 0 Å². The average molecular weight is 305 g/mol. The Hall–Kier alpha value is -3.15. The zero-order valence-corrected chi connectivity index (χ0v) is 12.6. The summed E-state index contributed by atoms with van der Waals surface area (Å²) in [6, 6.07) is 12.2. The number of hydrogen-bond acceptors (Lipinski definition) is 5. The summed E-state index contributed by atoms with van der Waals surface area (Å²) in [6.45, 7) is 2.43. The molecule has 1 N–H and O–H groups in total. The number of rotatable bonds is 3. The molecule has 23 heavy (non-hydrogen) atoms. The first-order valence-electron chi connectivity index (χ1n) is 7.32. The van der Waals surface area contributed by atoms with Gasteiger partial charge in [-0.25, -0.2) is 4.68 Å². The molecule has 0 amide bonds. The zero-order valence-electron chi connectivity index (χ0n) is 12.6. The van der Waals surface area contributed by atoms with E-state index < -0.39 is 0 Å². The standard InChI is InChI=1S/C17H15N5O/c1-12-10-14(6-7-18-12)13-2-4-15(5-3-13)19-17-20-16-11-23-9-8-22(16)21-17/h2-10H,11H2,1H3,(H,19,21). The van der Waals surface area contributed by atoms with Gasteiger partial charge in [-0.3, -0.25) is 4.98 Å². The lowest BCUT2D eigenvalue weighted by molar-refractivity contribution is 0.218. The maximum atomic E-state index is 5.20. The van der Waals surface area contributed by atoms with Gasteiger partial charge in [-0.05, 0) is 42.3 Å².